The van der Waals surface area contributed by atoms with Gasteiger partial charge in [0.15, 0.2) is 5.82 Å². The van der Waals surface area contributed by atoms with Crippen LogP contribution in [0.1, 0.15) is 32.5 Å². The SMILES string of the molecule is CCN(Cc1noc(CC(C)C)n1)C(=O)Nc1ccc(-c2ccn[nH]2)cc1. The number of aromatic amines is 1. The number of nitrogens with zero attached hydrogens (tertiary/aromatic N) is 4. The Morgan fingerprint density at radius 1 is 1.26 bits per heavy atom. The van der Waals surface area contributed by atoms with E-state index >= 15 is 0 Å². The molecule has 3 rings (SSSR count). The van der Waals surface area contributed by atoms with Crippen LogP contribution in [0.4, 0.5) is 10.5 Å². The highest BCUT2D eigenvalue weighted by molar-refractivity contribution is 5.89. The molecule has 1 aromatic carbocycles. The first kappa shape index (κ1) is 18.6. The molecular weight excluding hydrogens is 344 g/mol. The van der Waals surface area contributed by atoms with E-state index in [4.69, 9.17) is 4.52 Å². The summed E-state index contributed by atoms with van der Waals surface area (Å²) in [6.07, 6.45) is 2.43. The van der Waals surface area contributed by atoms with E-state index in [0.29, 0.717) is 30.7 Å². The zero-order valence-electron chi connectivity index (χ0n) is 15.8. The second-order valence-electron chi connectivity index (χ2n) is 6.69. The zero-order chi connectivity index (χ0) is 19.2. The first-order valence-corrected chi connectivity index (χ1v) is 9.02. The second kappa shape index (κ2) is 8.48. The number of rotatable bonds is 7. The van der Waals surface area contributed by atoms with Crippen molar-refractivity contribution in [1.29, 1.82) is 0 Å². The molecule has 0 aliphatic carbocycles. The van der Waals surface area contributed by atoms with Crippen molar-refractivity contribution in [3.8, 4) is 11.3 Å². The van der Waals surface area contributed by atoms with Gasteiger partial charge in [0, 0.05) is 24.8 Å². The van der Waals surface area contributed by atoms with Gasteiger partial charge in [-0.3, -0.25) is 5.10 Å². The molecule has 0 radical (unpaired) electrons. The standard InChI is InChI=1S/C19H24N6O2/c1-4-25(12-17-22-18(27-24-17)11-13(2)3)19(26)21-15-7-5-14(6-8-15)16-9-10-20-23-16/h5-10,13H,4,11-12H2,1-3H3,(H,20,23)(H,21,26). The highest BCUT2D eigenvalue weighted by Crippen LogP contribution is 2.19. The summed E-state index contributed by atoms with van der Waals surface area (Å²) in [6, 6.07) is 9.26. The first-order valence-electron chi connectivity index (χ1n) is 9.02. The summed E-state index contributed by atoms with van der Waals surface area (Å²) in [5, 5.41) is 13.7. The minimum atomic E-state index is -0.206. The molecule has 142 valence electrons. The maximum Gasteiger partial charge on any atom is 0.322 e. The normalized spacial score (nSPS) is 11.0. The van der Waals surface area contributed by atoms with Gasteiger partial charge < -0.3 is 14.7 Å². The molecule has 0 saturated carbocycles. The molecule has 2 amide bonds. The van der Waals surface area contributed by atoms with Crippen molar-refractivity contribution in [3.05, 3.63) is 48.2 Å². The molecule has 0 aliphatic heterocycles. The van der Waals surface area contributed by atoms with Gasteiger partial charge in [0.1, 0.15) is 0 Å². The number of aromatic nitrogens is 4. The fourth-order valence-corrected chi connectivity index (χ4v) is 2.64. The molecule has 2 N–H and O–H groups in total. The predicted molar refractivity (Wildman–Crippen MR) is 102 cm³/mol. The van der Waals surface area contributed by atoms with E-state index in [-0.39, 0.29) is 6.03 Å². The maximum atomic E-state index is 12.6. The smallest absolute Gasteiger partial charge is 0.322 e. The minimum absolute atomic E-state index is 0.206. The van der Waals surface area contributed by atoms with Gasteiger partial charge in [0.05, 0.1) is 12.2 Å². The van der Waals surface area contributed by atoms with Crippen LogP contribution < -0.4 is 5.32 Å². The van der Waals surface area contributed by atoms with Crippen LogP contribution in [0.5, 0.6) is 0 Å². The Hall–Kier alpha value is -3.16. The Kier molecular flexibility index (Phi) is 5.85. The summed E-state index contributed by atoms with van der Waals surface area (Å²) in [7, 11) is 0. The summed E-state index contributed by atoms with van der Waals surface area (Å²) >= 11 is 0. The van der Waals surface area contributed by atoms with E-state index < -0.39 is 0 Å². The lowest BCUT2D eigenvalue weighted by Crippen LogP contribution is -2.34. The number of urea groups is 1. The van der Waals surface area contributed by atoms with Gasteiger partial charge in [0.2, 0.25) is 5.89 Å². The molecule has 0 saturated heterocycles. The van der Waals surface area contributed by atoms with Crippen molar-refractivity contribution in [2.45, 2.75) is 33.7 Å². The summed E-state index contributed by atoms with van der Waals surface area (Å²) in [4.78, 5) is 18.5. The van der Waals surface area contributed by atoms with E-state index in [0.717, 1.165) is 23.4 Å². The van der Waals surface area contributed by atoms with Gasteiger partial charge in [-0.2, -0.15) is 10.1 Å². The number of hydrogen-bond acceptors (Lipinski definition) is 5. The Morgan fingerprint density at radius 2 is 2.04 bits per heavy atom. The quantitative estimate of drug-likeness (QED) is 0.662. The lowest BCUT2D eigenvalue weighted by Gasteiger charge is -2.19. The highest BCUT2D eigenvalue weighted by Gasteiger charge is 2.16. The molecule has 0 unspecified atom stereocenters. The zero-order valence-corrected chi connectivity index (χ0v) is 15.8. The molecule has 0 bridgehead atoms. The molecule has 0 aliphatic rings. The Labute approximate surface area is 158 Å². The molecular formula is C19H24N6O2. The van der Waals surface area contributed by atoms with Gasteiger partial charge in [-0.15, -0.1) is 0 Å². The third-order valence-electron chi connectivity index (χ3n) is 4.04. The van der Waals surface area contributed by atoms with Crippen LogP contribution in [0.15, 0.2) is 41.1 Å². The number of hydrogen-bond donors (Lipinski definition) is 2. The van der Waals surface area contributed by atoms with Crippen LogP contribution in [-0.2, 0) is 13.0 Å². The Balaban J connectivity index is 1.60. The van der Waals surface area contributed by atoms with Crippen LogP contribution in [-0.4, -0.2) is 37.8 Å². The average Bonchev–Trinajstić information content (AvgIpc) is 3.32. The molecule has 8 heteroatoms. The molecule has 0 spiro atoms. The second-order valence-corrected chi connectivity index (χ2v) is 6.69. The summed E-state index contributed by atoms with van der Waals surface area (Å²) in [5.74, 6) is 1.55. The van der Waals surface area contributed by atoms with Crippen LogP contribution in [0.25, 0.3) is 11.3 Å². The number of nitrogens with one attached hydrogen (secondary N) is 2. The van der Waals surface area contributed by atoms with Crippen molar-refractivity contribution in [3.63, 3.8) is 0 Å². The average molecular weight is 368 g/mol. The van der Waals surface area contributed by atoms with E-state index in [1.165, 1.54) is 0 Å². The van der Waals surface area contributed by atoms with Crippen LogP contribution in [0, 0.1) is 5.92 Å². The van der Waals surface area contributed by atoms with Crippen LogP contribution in [0.3, 0.4) is 0 Å². The predicted octanol–water partition coefficient (Wildman–Crippen LogP) is 3.71. The number of carbonyl (C=O) groups is 1. The van der Waals surface area contributed by atoms with Crippen molar-refractivity contribution >= 4 is 11.7 Å². The number of benzene rings is 1. The Morgan fingerprint density at radius 3 is 2.67 bits per heavy atom. The minimum Gasteiger partial charge on any atom is -0.339 e. The lowest BCUT2D eigenvalue weighted by molar-refractivity contribution is 0.210. The lowest BCUT2D eigenvalue weighted by atomic mass is 10.1. The van der Waals surface area contributed by atoms with E-state index in [2.05, 4.69) is 39.5 Å². The fraction of sp³-hybridized carbons (Fsp3) is 0.368. The third kappa shape index (κ3) is 4.93. The van der Waals surface area contributed by atoms with Gasteiger partial charge in [-0.25, -0.2) is 4.79 Å². The molecule has 3 aromatic rings. The highest BCUT2D eigenvalue weighted by atomic mass is 16.5. The monoisotopic (exact) mass is 368 g/mol. The molecule has 2 aromatic heterocycles. The summed E-state index contributed by atoms with van der Waals surface area (Å²) in [6.45, 7) is 6.93. The Bertz CT molecular complexity index is 855. The molecule has 27 heavy (non-hydrogen) atoms. The van der Waals surface area contributed by atoms with Gasteiger partial charge in [-0.05, 0) is 36.6 Å². The van der Waals surface area contributed by atoms with Crippen molar-refractivity contribution < 1.29 is 9.32 Å². The number of anilines is 1. The number of H-pyrrole nitrogens is 1. The largest absolute Gasteiger partial charge is 0.339 e. The molecule has 0 fully saturated rings. The van der Waals surface area contributed by atoms with E-state index in [1.807, 2.05) is 37.3 Å². The van der Waals surface area contributed by atoms with E-state index in [1.54, 1.807) is 11.1 Å². The van der Waals surface area contributed by atoms with Crippen molar-refractivity contribution in [2.75, 3.05) is 11.9 Å². The molecule has 2 heterocycles. The van der Waals surface area contributed by atoms with Crippen molar-refractivity contribution in [2.24, 2.45) is 5.92 Å². The van der Waals surface area contributed by atoms with Gasteiger partial charge in [0.25, 0.3) is 0 Å². The van der Waals surface area contributed by atoms with Gasteiger partial charge >= 0.3 is 6.03 Å². The molecule has 0 atom stereocenters. The third-order valence-corrected chi connectivity index (χ3v) is 4.04. The van der Waals surface area contributed by atoms with E-state index in [9.17, 15) is 4.79 Å². The maximum absolute atomic E-state index is 12.6. The summed E-state index contributed by atoms with van der Waals surface area (Å²) < 4.78 is 5.24. The topological polar surface area (TPSA) is 99.9 Å². The number of carbonyl (C=O) groups excluding carboxylic acids is 1. The van der Waals surface area contributed by atoms with Crippen molar-refractivity contribution in [1.82, 2.24) is 25.2 Å². The molecule has 8 nitrogen and oxygen atoms in total. The first-order chi connectivity index (χ1) is 13.0. The van der Waals surface area contributed by atoms with Crippen LogP contribution in [0.2, 0.25) is 0 Å². The van der Waals surface area contributed by atoms with Crippen LogP contribution >= 0.6 is 0 Å². The fourth-order valence-electron chi connectivity index (χ4n) is 2.64. The number of amides is 2. The van der Waals surface area contributed by atoms with Gasteiger partial charge in [-0.1, -0.05) is 31.1 Å². The summed E-state index contributed by atoms with van der Waals surface area (Å²) in [5.41, 5.74) is 2.65.